The Morgan fingerprint density at radius 2 is 2.12 bits per heavy atom. The van der Waals surface area contributed by atoms with Crippen molar-refractivity contribution < 1.29 is 8.42 Å². The van der Waals surface area contributed by atoms with Crippen molar-refractivity contribution in [3.63, 3.8) is 0 Å². The monoisotopic (exact) mass is 259 g/mol. The number of sulfonamides is 1. The molecule has 0 unspecified atom stereocenters. The van der Waals surface area contributed by atoms with E-state index in [1.54, 1.807) is 6.07 Å². The van der Waals surface area contributed by atoms with E-state index in [-0.39, 0.29) is 0 Å². The Labute approximate surface area is 103 Å². The van der Waals surface area contributed by atoms with Gasteiger partial charge in [0.15, 0.2) is 0 Å². The molecule has 0 saturated heterocycles. The number of nitrogens with two attached hydrogens (primary N) is 1. The number of hydrogen-bond acceptors (Lipinski definition) is 3. The van der Waals surface area contributed by atoms with Crippen LogP contribution in [0, 0.1) is 0 Å². The van der Waals surface area contributed by atoms with Gasteiger partial charge >= 0.3 is 0 Å². The van der Waals surface area contributed by atoms with Gasteiger partial charge in [0.05, 0.1) is 4.90 Å². The van der Waals surface area contributed by atoms with Crippen LogP contribution in [0.2, 0.25) is 0 Å². The van der Waals surface area contributed by atoms with Crippen molar-refractivity contribution >= 4 is 10.0 Å². The third kappa shape index (κ3) is 3.31. The van der Waals surface area contributed by atoms with Crippen LogP contribution in [0.15, 0.2) is 17.2 Å². The fraction of sp³-hybridized carbons (Fsp3) is 0.636. The molecule has 0 atom stereocenters. The largest absolute Gasteiger partial charge is 0.363 e. The van der Waals surface area contributed by atoms with Crippen LogP contribution < -0.4 is 5.73 Å². The van der Waals surface area contributed by atoms with Crippen LogP contribution in [-0.2, 0) is 16.6 Å². The molecular formula is C11H21N3O2S. The van der Waals surface area contributed by atoms with Crippen molar-refractivity contribution in [2.75, 3.05) is 13.1 Å². The highest BCUT2D eigenvalue weighted by Crippen LogP contribution is 2.17. The minimum atomic E-state index is -3.37. The maximum atomic E-state index is 12.3. The molecule has 5 nitrogen and oxygen atoms in total. The molecule has 98 valence electrons. The van der Waals surface area contributed by atoms with Crippen molar-refractivity contribution in [2.24, 2.45) is 5.73 Å². The summed E-state index contributed by atoms with van der Waals surface area (Å²) in [6.45, 7) is 5.27. The zero-order valence-electron chi connectivity index (χ0n) is 10.4. The highest BCUT2D eigenvalue weighted by atomic mass is 32.2. The molecule has 3 N–H and O–H groups in total. The average Bonchev–Trinajstić information content (AvgIpc) is 2.79. The zero-order chi connectivity index (χ0) is 12.9. The molecule has 1 aromatic heterocycles. The van der Waals surface area contributed by atoms with Gasteiger partial charge in [-0.05, 0) is 12.5 Å². The van der Waals surface area contributed by atoms with Crippen molar-refractivity contribution in [2.45, 2.75) is 38.1 Å². The van der Waals surface area contributed by atoms with Gasteiger partial charge in [0.1, 0.15) is 0 Å². The van der Waals surface area contributed by atoms with Crippen LogP contribution in [0.3, 0.4) is 0 Å². The number of aromatic amines is 1. The van der Waals surface area contributed by atoms with Crippen LogP contribution in [0.5, 0.6) is 0 Å². The summed E-state index contributed by atoms with van der Waals surface area (Å²) in [7, 11) is -3.37. The smallest absolute Gasteiger partial charge is 0.244 e. The molecule has 0 radical (unpaired) electrons. The van der Waals surface area contributed by atoms with E-state index < -0.39 is 10.0 Å². The van der Waals surface area contributed by atoms with Gasteiger partial charge in [-0.15, -0.1) is 0 Å². The standard InChI is InChI=1S/C11H21N3O2S/c1-3-5-6-14(4-2)17(15,16)11-7-10(8-12)13-9-11/h7,9,13H,3-6,8,12H2,1-2H3. The Hall–Kier alpha value is -0.850. The third-order valence-corrected chi connectivity index (χ3v) is 4.64. The van der Waals surface area contributed by atoms with E-state index in [0.29, 0.717) is 24.5 Å². The Balaban J connectivity index is 2.91. The number of nitrogens with zero attached hydrogens (tertiary/aromatic N) is 1. The van der Waals surface area contributed by atoms with Gasteiger partial charge < -0.3 is 10.7 Å². The second-order valence-corrected chi connectivity index (χ2v) is 5.85. The SMILES string of the molecule is CCCCN(CC)S(=O)(=O)c1c[nH]c(CN)c1. The molecule has 0 amide bonds. The summed E-state index contributed by atoms with van der Waals surface area (Å²) in [4.78, 5) is 3.17. The zero-order valence-corrected chi connectivity index (χ0v) is 11.3. The first-order chi connectivity index (χ1) is 8.06. The summed E-state index contributed by atoms with van der Waals surface area (Å²) in [6.07, 6.45) is 3.36. The van der Waals surface area contributed by atoms with Gasteiger partial charge in [-0.25, -0.2) is 8.42 Å². The molecule has 0 fully saturated rings. The van der Waals surface area contributed by atoms with E-state index in [9.17, 15) is 8.42 Å². The number of unbranched alkanes of at least 4 members (excludes halogenated alkanes) is 1. The molecule has 1 heterocycles. The summed E-state index contributed by atoms with van der Waals surface area (Å²) >= 11 is 0. The number of rotatable bonds is 7. The van der Waals surface area contributed by atoms with Crippen LogP contribution in [0.4, 0.5) is 0 Å². The van der Waals surface area contributed by atoms with E-state index in [2.05, 4.69) is 4.98 Å². The molecule has 0 spiro atoms. The maximum Gasteiger partial charge on any atom is 0.244 e. The number of hydrogen-bond donors (Lipinski definition) is 2. The average molecular weight is 259 g/mol. The first-order valence-corrected chi connectivity index (χ1v) is 7.37. The second kappa shape index (κ2) is 6.18. The summed E-state index contributed by atoms with van der Waals surface area (Å²) in [5.74, 6) is 0. The lowest BCUT2D eigenvalue weighted by molar-refractivity contribution is 0.419. The number of H-pyrrole nitrogens is 1. The molecule has 0 aliphatic carbocycles. The number of aromatic nitrogens is 1. The first kappa shape index (κ1) is 14.2. The molecular weight excluding hydrogens is 238 g/mol. The first-order valence-electron chi connectivity index (χ1n) is 5.93. The Morgan fingerprint density at radius 1 is 1.41 bits per heavy atom. The minimum Gasteiger partial charge on any atom is -0.363 e. The highest BCUT2D eigenvalue weighted by Gasteiger charge is 2.23. The predicted molar refractivity (Wildman–Crippen MR) is 68.0 cm³/mol. The van der Waals surface area contributed by atoms with Gasteiger partial charge in [0.2, 0.25) is 10.0 Å². The molecule has 0 saturated carbocycles. The molecule has 1 aromatic rings. The molecule has 1 rings (SSSR count). The van der Waals surface area contributed by atoms with Crippen molar-refractivity contribution in [3.05, 3.63) is 18.0 Å². The lowest BCUT2D eigenvalue weighted by Gasteiger charge is -2.19. The van der Waals surface area contributed by atoms with Gasteiger partial charge in [0, 0.05) is 31.5 Å². The third-order valence-electron chi connectivity index (χ3n) is 2.69. The minimum absolute atomic E-state index is 0.302. The lowest BCUT2D eigenvalue weighted by Crippen LogP contribution is -2.31. The molecule has 0 aromatic carbocycles. The normalized spacial score (nSPS) is 12.2. The molecule has 0 aliphatic heterocycles. The van der Waals surface area contributed by atoms with E-state index in [1.165, 1.54) is 10.5 Å². The molecule has 0 bridgehead atoms. The summed E-state index contributed by atoms with van der Waals surface area (Å²) < 4.78 is 26.0. The summed E-state index contributed by atoms with van der Waals surface area (Å²) in [5.41, 5.74) is 6.19. The predicted octanol–water partition coefficient (Wildman–Crippen LogP) is 1.28. The quantitative estimate of drug-likeness (QED) is 0.774. The van der Waals surface area contributed by atoms with Gasteiger partial charge in [-0.1, -0.05) is 20.3 Å². The molecule has 6 heteroatoms. The van der Waals surface area contributed by atoms with E-state index in [0.717, 1.165) is 18.5 Å². The molecule has 0 aliphatic rings. The fourth-order valence-electron chi connectivity index (χ4n) is 1.62. The Kier molecular flexibility index (Phi) is 5.17. The Morgan fingerprint density at radius 3 is 2.59 bits per heavy atom. The van der Waals surface area contributed by atoms with Crippen molar-refractivity contribution in [1.82, 2.24) is 9.29 Å². The van der Waals surface area contributed by atoms with E-state index >= 15 is 0 Å². The van der Waals surface area contributed by atoms with Crippen LogP contribution in [0.1, 0.15) is 32.4 Å². The topological polar surface area (TPSA) is 79.2 Å². The van der Waals surface area contributed by atoms with Crippen LogP contribution >= 0.6 is 0 Å². The lowest BCUT2D eigenvalue weighted by atomic mass is 10.3. The summed E-state index contributed by atoms with van der Waals surface area (Å²) in [5, 5.41) is 0. The van der Waals surface area contributed by atoms with Crippen molar-refractivity contribution in [1.29, 1.82) is 0 Å². The van der Waals surface area contributed by atoms with Crippen LogP contribution in [0.25, 0.3) is 0 Å². The maximum absolute atomic E-state index is 12.3. The Bertz CT molecular complexity index is 439. The van der Waals surface area contributed by atoms with Crippen LogP contribution in [-0.4, -0.2) is 30.8 Å². The fourth-order valence-corrected chi connectivity index (χ4v) is 3.12. The summed E-state index contributed by atoms with van der Waals surface area (Å²) in [6, 6.07) is 1.60. The van der Waals surface area contributed by atoms with Crippen molar-refractivity contribution in [3.8, 4) is 0 Å². The highest BCUT2D eigenvalue weighted by molar-refractivity contribution is 7.89. The van der Waals surface area contributed by atoms with E-state index in [4.69, 9.17) is 5.73 Å². The molecule has 17 heavy (non-hydrogen) atoms. The van der Waals surface area contributed by atoms with Gasteiger partial charge in [-0.3, -0.25) is 0 Å². The van der Waals surface area contributed by atoms with Gasteiger partial charge in [-0.2, -0.15) is 4.31 Å². The number of nitrogens with one attached hydrogen (secondary N) is 1. The van der Waals surface area contributed by atoms with Gasteiger partial charge in [0.25, 0.3) is 0 Å². The van der Waals surface area contributed by atoms with E-state index in [1.807, 2.05) is 13.8 Å². The second-order valence-electron chi connectivity index (χ2n) is 3.92.